The molecule has 1 heterocycles. The number of piperidine rings is 1. The fourth-order valence-corrected chi connectivity index (χ4v) is 5.10. The summed E-state index contributed by atoms with van der Waals surface area (Å²) in [6.45, 7) is 2.99. The van der Waals surface area contributed by atoms with E-state index < -0.39 is 21.7 Å². The first-order chi connectivity index (χ1) is 13.8. The number of methoxy groups -OCH3 is 1. The number of ether oxygens (including phenoxy) is 1. The number of nitrogens with one attached hydrogen (secondary N) is 1. The third-order valence-electron chi connectivity index (χ3n) is 5.07. The molecule has 29 heavy (non-hydrogen) atoms. The van der Waals surface area contributed by atoms with Crippen LogP contribution in [0.3, 0.4) is 0 Å². The number of hydrogen-bond donors (Lipinski definition) is 1. The van der Waals surface area contributed by atoms with E-state index in [4.69, 9.17) is 4.74 Å². The molecule has 3 rings (SSSR count). The van der Waals surface area contributed by atoms with Crippen molar-refractivity contribution < 1.29 is 22.3 Å². The smallest absolute Gasteiger partial charge is 0.254 e. The predicted octanol–water partition coefficient (Wildman–Crippen LogP) is 3.18. The number of nitrogens with zero attached hydrogens (tertiary/aromatic N) is 1. The Morgan fingerprint density at radius 1 is 1.28 bits per heavy atom. The molecule has 0 aromatic heterocycles. The van der Waals surface area contributed by atoms with Gasteiger partial charge in [0, 0.05) is 25.2 Å². The molecule has 0 saturated carbocycles. The van der Waals surface area contributed by atoms with Crippen LogP contribution < -0.4 is 10.1 Å². The highest BCUT2D eigenvalue weighted by Crippen LogP contribution is 2.25. The van der Waals surface area contributed by atoms with Gasteiger partial charge in [0.05, 0.1) is 17.6 Å². The van der Waals surface area contributed by atoms with E-state index in [0.29, 0.717) is 18.8 Å². The monoisotopic (exact) mass is 420 g/mol. The number of carbonyl (C=O) groups excluding carboxylic acids is 1. The number of sulfonamides is 1. The Hall–Kier alpha value is -2.45. The number of rotatable bonds is 6. The number of hydrogen-bond acceptors (Lipinski definition) is 4. The SMILES string of the molecule is COc1ccccc1CNC(=O)c1cc(S(=O)(=O)N2CCC[C@H](C)C2)ccc1F. The van der Waals surface area contributed by atoms with Crippen LogP contribution in [0.4, 0.5) is 4.39 Å². The maximum Gasteiger partial charge on any atom is 0.254 e. The average molecular weight is 421 g/mol. The van der Waals surface area contributed by atoms with E-state index in [1.807, 2.05) is 6.92 Å². The van der Waals surface area contributed by atoms with Gasteiger partial charge in [0.1, 0.15) is 11.6 Å². The molecule has 1 amide bonds. The van der Waals surface area contributed by atoms with Crippen molar-refractivity contribution in [1.29, 1.82) is 0 Å². The molecular weight excluding hydrogens is 395 g/mol. The Balaban J connectivity index is 1.80. The van der Waals surface area contributed by atoms with Crippen molar-refractivity contribution in [3.8, 4) is 5.75 Å². The largest absolute Gasteiger partial charge is 0.496 e. The lowest BCUT2D eigenvalue weighted by atomic mass is 10.0. The van der Waals surface area contributed by atoms with E-state index >= 15 is 0 Å². The van der Waals surface area contributed by atoms with Gasteiger partial charge in [-0.25, -0.2) is 12.8 Å². The van der Waals surface area contributed by atoms with Crippen molar-refractivity contribution in [2.75, 3.05) is 20.2 Å². The number of para-hydroxylation sites is 1. The zero-order chi connectivity index (χ0) is 21.0. The highest BCUT2D eigenvalue weighted by atomic mass is 32.2. The molecule has 6 nitrogen and oxygen atoms in total. The van der Waals surface area contributed by atoms with Gasteiger partial charge in [0.2, 0.25) is 10.0 Å². The van der Waals surface area contributed by atoms with Gasteiger partial charge in [0.15, 0.2) is 0 Å². The van der Waals surface area contributed by atoms with Gasteiger partial charge >= 0.3 is 0 Å². The third-order valence-corrected chi connectivity index (χ3v) is 6.93. The van der Waals surface area contributed by atoms with Crippen molar-refractivity contribution in [1.82, 2.24) is 9.62 Å². The summed E-state index contributed by atoms with van der Waals surface area (Å²) in [5.74, 6) is -0.586. The van der Waals surface area contributed by atoms with Crippen LogP contribution in [0, 0.1) is 11.7 Å². The summed E-state index contributed by atoms with van der Waals surface area (Å²) in [5, 5.41) is 2.63. The molecule has 1 fully saturated rings. The van der Waals surface area contributed by atoms with E-state index in [2.05, 4.69) is 5.32 Å². The molecule has 1 saturated heterocycles. The van der Waals surface area contributed by atoms with Crippen LogP contribution in [0.2, 0.25) is 0 Å². The van der Waals surface area contributed by atoms with Crippen LogP contribution in [0.1, 0.15) is 35.7 Å². The molecule has 8 heteroatoms. The van der Waals surface area contributed by atoms with Crippen LogP contribution in [0.15, 0.2) is 47.4 Å². The highest BCUT2D eigenvalue weighted by Gasteiger charge is 2.29. The summed E-state index contributed by atoms with van der Waals surface area (Å²) in [5.41, 5.74) is 0.431. The normalized spacial score (nSPS) is 17.7. The molecule has 0 unspecified atom stereocenters. The number of amides is 1. The summed E-state index contributed by atoms with van der Waals surface area (Å²) >= 11 is 0. The van der Waals surface area contributed by atoms with E-state index in [0.717, 1.165) is 30.5 Å². The van der Waals surface area contributed by atoms with Crippen molar-refractivity contribution in [3.05, 3.63) is 59.4 Å². The Bertz CT molecular complexity index is 994. The van der Waals surface area contributed by atoms with Crippen molar-refractivity contribution >= 4 is 15.9 Å². The molecule has 156 valence electrons. The van der Waals surface area contributed by atoms with Crippen LogP contribution in [-0.4, -0.2) is 38.8 Å². The Morgan fingerprint density at radius 2 is 2.03 bits per heavy atom. The minimum Gasteiger partial charge on any atom is -0.496 e. The molecule has 0 bridgehead atoms. The lowest BCUT2D eigenvalue weighted by molar-refractivity contribution is 0.0946. The Morgan fingerprint density at radius 3 is 2.76 bits per heavy atom. The Labute approximate surface area is 170 Å². The standard InChI is InChI=1S/C21H25FN2O4S/c1-15-6-5-11-24(14-15)29(26,27)17-9-10-19(22)18(12-17)21(25)23-13-16-7-3-4-8-20(16)28-2/h3-4,7-10,12,15H,5-6,11,13-14H2,1-2H3,(H,23,25)/t15-/m0/s1. The molecular formula is C21H25FN2O4S. The quantitative estimate of drug-likeness (QED) is 0.779. The summed E-state index contributed by atoms with van der Waals surface area (Å²) in [7, 11) is -2.25. The van der Waals surface area contributed by atoms with Crippen LogP contribution in [0.25, 0.3) is 0 Å². The Kier molecular flexibility index (Phi) is 6.54. The first-order valence-electron chi connectivity index (χ1n) is 9.52. The topological polar surface area (TPSA) is 75.7 Å². The van der Waals surface area contributed by atoms with Gasteiger partial charge in [-0.05, 0) is 43.0 Å². The van der Waals surface area contributed by atoms with E-state index in [1.54, 1.807) is 24.3 Å². The van der Waals surface area contributed by atoms with Gasteiger partial charge in [-0.3, -0.25) is 4.79 Å². The fraction of sp³-hybridized carbons (Fsp3) is 0.381. The van der Waals surface area contributed by atoms with Gasteiger partial charge in [0.25, 0.3) is 5.91 Å². The van der Waals surface area contributed by atoms with Crippen molar-refractivity contribution in [2.24, 2.45) is 5.92 Å². The molecule has 1 aliphatic heterocycles. The highest BCUT2D eigenvalue weighted by molar-refractivity contribution is 7.89. The number of halogens is 1. The molecule has 1 atom stereocenters. The summed E-state index contributed by atoms with van der Waals surface area (Å²) in [6.07, 6.45) is 1.76. The van der Waals surface area contributed by atoms with Crippen LogP contribution >= 0.6 is 0 Å². The maximum absolute atomic E-state index is 14.3. The zero-order valence-electron chi connectivity index (χ0n) is 16.5. The lowest BCUT2D eigenvalue weighted by Gasteiger charge is -2.30. The summed E-state index contributed by atoms with van der Waals surface area (Å²) in [4.78, 5) is 12.5. The minimum absolute atomic E-state index is 0.0737. The maximum atomic E-state index is 14.3. The van der Waals surface area contributed by atoms with Crippen LogP contribution in [0.5, 0.6) is 5.75 Å². The third kappa shape index (κ3) is 4.76. The molecule has 0 spiro atoms. The molecule has 2 aromatic rings. The first-order valence-corrected chi connectivity index (χ1v) is 11.0. The van der Waals surface area contributed by atoms with Gasteiger partial charge < -0.3 is 10.1 Å². The van der Waals surface area contributed by atoms with Gasteiger partial charge in [-0.1, -0.05) is 25.1 Å². The number of benzene rings is 2. The van der Waals surface area contributed by atoms with Gasteiger partial charge in [-0.15, -0.1) is 0 Å². The molecule has 0 aliphatic carbocycles. The molecule has 0 radical (unpaired) electrons. The van der Waals surface area contributed by atoms with Crippen LogP contribution in [-0.2, 0) is 16.6 Å². The molecule has 1 N–H and O–H groups in total. The van der Waals surface area contributed by atoms with E-state index in [9.17, 15) is 17.6 Å². The summed E-state index contributed by atoms with van der Waals surface area (Å²) < 4.78 is 46.8. The lowest BCUT2D eigenvalue weighted by Crippen LogP contribution is -2.39. The molecule has 2 aromatic carbocycles. The van der Waals surface area contributed by atoms with E-state index in [1.165, 1.54) is 17.5 Å². The second-order valence-electron chi connectivity index (χ2n) is 7.25. The average Bonchev–Trinajstić information content (AvgIpc) is 2.72. The minimum atomic E-state index is -3.78. The van der Waals surface area contributed by atoms with E-state index in [-0.39, 0.29) is 22.9 Å². The molecule has 1 aliphatic rings. The van der Waals surface area contributed by atoms with Crippen molar-refractivity contribution in [2.45, 2.75) is 31.2 Å². The number of carbonyl (C=O) groups is 1. The summed E-state index contributed by atoms with van der Waals surface area (Å²) in [6, 6.07) is 10.5. The first kappa shape index (κ1) is 21.3. The fourth-order valence-electron chi connectivity index (χ4n) is 3.47. The predicted molar refractivity (Wildman–Crippen MR) is 108 cm³/mol. The second-order valence-corrected chi connectivity index (χ2v) is 9.18. The zero-order valence-corrected chi connectivity index (χ0v) is 17.3. The van der Waals surface area contributed by atoms with Gasteiger partial charge in [-0.2, -0.15) is 4.31 Å². The van der Waals surface area contributed by atoms with Crippen molar-refractivity contribution in [3.63, 3.8) is 0 Å². The second kappa shape index (κ2) is 8.92.